The molecule has 2 saturated heterocycles. The maximum atomic E-state index is 12.6. The molecule has 1 unspecified atom stereocenters. The number of carbonyl (C=O) groups excluding carboxylic acids is 3. The first-order chi connectivity index (χ1) is 12.4. The van der Waals surface area contributed by atoms with Crippen molar-refractivity contribution < 1.29 is 14.4 Å². The van der Waals surface area contributed by atoms with Gasteiger partial charge in [0.1, 0.15) is 0 Å². The average molecular weight is 379 g/mol. The topological polar surface area (TPSA) is 95.7 Å². The molecule has 0 spiro atoms. The molecule has 0 radical (unpaired) electrons. The zero-order valence-electron chi connectivity index (χ0n) is 14.5. The molecular weight excluding hydrogens is 356 g/mol. The number of benzene rings is 1. The van der Waals surface area contributed by atoms with Crippen molar-refractivity contribution in [2.45, 2.75) is 25.3 Å². The number of amides is 3. The Morgan fingerprint density at radius 3 is 2.65 bits per heavy atom. The van der Waals surface area contributed by atoms with Crippen LogP contribution in [0.4, 0.5) is 5.69 Å². The van der Waals surface area contributed by atoms with Crippen LogP contribution >= 0.6 is 11.6 Å². The highest BCUT2D eigenvalue weighted by atomic mass is 35.5. The van der Waals surface area contributed by atoms with Crippen molar-refractivity contribution in [3.8, 4) is 0 Å². The van der Waals surface area contributed by atoms with E-state index in [0.29, 0.717) is 11.6 Å². The number of carbonyl (C=O) groups is 3. The summed E-state index contributed by atoms with van der Waals surface area (Å²) in [6.07, 6.45) is 1.76. The van der Waals surface area contributed by atoms with Crippen molar-refractivity contribution in [1.29, 1.82) is 0 Å². The Kier molecular flexibility index (Phi) is 5.78. The maximum absolute atomic E-state index is 12.6. The molecule has 2 heterocycles. The summed E-state index contributed by atoms with van der Waals surface area (Å²) in [6.45, 7) is 2.08. The summed E-state index contributed by atoms with van der Waals surface area (Å²) in [5.74, 6) is -0.844. The summed E-state index contributed by atoms with van der Waals surface area (Å²) >= 11 is 5.99. The summed E-state index contributed by atoms with van der Waals surface area (Å²) < 4.78 is 0. The van der Waals surface area contributed by atoms with Gasteiger partial charge in [-0.25, -0.2) is 0 Å². The molecule has 8 heteroatoms. The Labute approximate surface area is 157 Å². The van der Waals surface area contributed by atoms with Crippen molar-refractivity contribution in [3.63, 3.8) is 0 Å². The Hall–Kier alpha value is -2.12. The average Bonchev–Trinajstić information content (AvgIpc) is 2.98. The molecule has 2 aliphatic rings. The van der Waals surface area contributed by atoms with Crippen LogP contribution in [0.2, 0.25) is 5.02 Å². The second-order valence-corrected chi connectivity index (χ2v) is 7.35. The molecule has 0 bridgehead atoms. The number of anilines is 1. The van der Waals surface area contributed by atoms with Crippen molar-refractivity contribution in [2.24, 2.45) is 11.7 Å². The Balaban J connectivity index is 1.52. The molecule has 3 N–H and O–H groups in total. The van der Waals surface area contributed by atoms with Crippen LogP contribution in [0.15, 0.2) is 24.3 Å². The van der Waals surface area contributed by atoms with E-state index in [2.05, 4.69) is 5.32 Å². The Bertz CT molecular complexity index is 703. The molecule has 0 saturated carbocycles. The fourth-order valence-corrected chi connectivity index (χ4v) is 3.74. The van der Waals surface area contributed by atoms with Crippen LogP contribution in [0.5, 0.6) is 0 Å². The van der Waals surface area contributed by atoms with Crippen LogP contribution in [-0.2, 0) is 14.4 Å². The van der Waals surface area contributed by atoms with Gasteiger partial charge in [0.2, 0.25) is 17.7 Å². The Morgan fingerprint density at radius 2 is 2.00 bits per heavy atom. The lowest BCUT2D eigenvalue weighted by atomic mass is 10.0. The standard InChI is InChI=1S/C18H23ClN4O3/c19-13-2-1-3-15(9-13)23-10-12(8-17(23)25)18(26)21-14-4-6-22(7-5-14)11-16(20)24/h1-3,9,12,14H,4-8,10-11H2,(H2,20,24)(H,21,26). The van der Waals surface area contributed by atoms with Crippen molar-refractivity contribution in [2.75, 3.05) is 31.1 Å². The molecule has 2 fully saturated rings. The van der Waals surface area contributed by atoms with Gasteiger partial charge in [-0.3, -0.25) is 19.3 Å². The summed E-state index contributed by atoms with van der Waals surface area (Å²) in [6, 6.07) is 7.16. The molecule has 0 aliphatic carbocycles. The van der Waals surface area contributed by atoms with E-state index in [4.69, 9.17) is 17.3 Å². The molecule has 0 aromatic heterocycles. The van der Waals surface area contributed by atoms with Gasteiger partial charge in [-0.05, 0) is 31.0 Å². The molecule has 1 aromatic rings. The molecule has 26 heavy (non-hydrogen) atoms. The second kappa shape index (κ2) is 8.05. The number of likely N-dealkylation sites (tertiary alicyclic amines) is 1. The number of primary amides is 1. The van der Waals surface area contributed by atoms with E-state index in [1.54, 1.807) is 23.1 Å². The largest absolute Gasteiger partial charge is 0.369 e. The molecule has 140 valence electrons. The van der Waals surface area contributed by atoms with Crippen LogP contribution in [0.1, 0.15) is 19.3 Å². The van der Waals surface area contributed by atoms with Gasteiger partial charge < -0.3 is 16.0 Å². The first kappa shape index (κ1) is 18.7. The number of rotatable bonds is 5. The highest BCUT2D eigenvalue weighted by Gasteiger charge is 2.36. The number of hydrogen-bond acceptors (Lipinski definition) is 4. The van der Waals surface area contributed by atoms with Crippen LogP contribution in [0.3, 0.4) is 0 Å². The fraction of sp³-hybridized carbons (Fsp3) is 0.500. The van der Waals surface area contributed by atoms with Gasteiger partial charge in [0, 0.05) is 42.8 Å². The predicted molar refractivity (Wildman–Crippen MR) is 98.7 cm³/mol. The number of nitrogens with one attached hydrogen (secondary N) is 1. The lowest BCUT2D eigenvalue weighted by Crippen LogP contribution is -2.48. The second-order valence-electron chi connectivity index (χ2n) is 6.91. The highest BCUT2D eigenvalue weighted by molar-refractivity contribution is 6.31. The van der Waals surface area contributed by atoms with E-state index in [-0.39, 0.29) is 42.6 Å². The Morgan fingerprint density at radius 1 is 1.27 bits per heavy atom. The lowest BCUT2D eigenvalue weighted by molar-refractivity contribution is -0.127. The molecule has 2 aliphatic heterocycles. The molecule has 3 amide bonds. The van der Waals surface area contributed by atoms with E-state index in [9.17, 15) is 14.4 Å². The highest BCUT2D eigenvalue weighted by Crippen LogP contribution is 2.27. The molecular formula is C18H23ClN4O3. The normalized spacial score (nSPS) is 21.8. The minimum atomic E-state index is -0.356. The summed E-state index contributed by atoms with van der Waals surface area (Å²) in [5.41, 5.74) is 5.93. The van der Waals surface area contributed by atoms with Gasteiger partial charge in [-0.15, -0.1) is 0 Å². The predicted octanol–water partition coefficient (Wildman–Crippen LogP) is 0.759. The minimum absolute atomic E-state index is 0.0660. The van der Waals surface area contributed by atoms with Gasteiger partial charge >= 0.3 is 0 Å². The number of nitrogens with two attached hydrogens (primary N) is 1. The molecule has 1 atom stereocenters. The zero-order chi connectivity index (χ0) is 18.7. The summed E-state index contributed by atoms with van der Waals surface area (Å²) in [4.78, 5) is 39.4. The van der Waals surface area contributed by atoms with E-state index in [1.807, 2.05) is 11.0 Å². The third-order valence-electron chi connectivity index (χ3n) is 4.93. The van der Waals surface area contributed by atoms with Gasteiger partial charge in [-0.1, -0.05) is 17.7 Å². The van der Waals surface area contributed by atoms with E-state index in [1.165, 1.54) is 0 Å². The van der Waals surface area contributed by atoms with E-state index < -0.39 is 0 Å². The number of hydrogen-bond donors (Lipinski definition) is 2. The number of halogens is 1. The van der Waals surface area contributed by atoms with Crippen molar-refractivity contribution in [3.05, 3.63) is 29.3 Å². The number of piperidine rings is 1. The van der Waals surface area contributed by atoms with Gasteiger partial charge in [0.05, 0.1) is 12.5 Å². The SMILES string of the molecule is NC(=O)CN1CCC(NC(=O)C2CC(=O)N(c3cccc(Cl)c3)C2)CC1. The quantitative estimate of drug-likeness (QED) is 0.790. The van der Waals surface area contributed by atoms with E-state index >= 15 is 0 Å². The third-order valence-corrected chi connectivity index (χ3v) is 5.16. The van der Waals surface area contributed by atoms with Gasteiger partial charge in [0.25, 0.3) is 0 Å². The van der Waals surface area contributed by atoms with Crippen molar-refractivity contribution in [1.82, 2.24) is 10.2 Å². The van der Waals surface area contributed by atoms with Crippen molar-refractivity contribution >= 4 is 35.0 Å². The third kappa shape index (κ3) is 4.53. The molecule has 3 rings (SSSR count). The van der Waals surface area contributed by atoms with Gasteiger partial charge in [0.15, 0.2) is 0 Å². The first-order valence-electron chi connectivity index (χ1n) is 8.79. The molecule has 1 aromatic carbocycles. The summed E-state index contributed by atoms with van der Waals surface area (Å²) in [5, 5.41) is 3.61. The van der Waals surface area contributed by atoms with Crippen LogP contribution in [0, 0.1) is 5.92 Å². The molecule has 7 nitrogen and oxygen atoms in total. The fourth-order valence-electron chi connectivity index (χ4n) is 3.55. The number of nitrogens with zero attached hydrogens (tertiary/aromatic N) is 2. The minimum Gasteiger partial charge on any atom is -0.369 e. The first-order valence-corrected chi connectivity index (χ1v) is 9.17. The van der Waals surface area contributed by atoms with Crippen LogP contribution < -0.4 is 16.0 Å². The summed E-state index contributed by atoms with van der Waals surface area (Å²) in [7, 11) is 0. The van der Waals surface area contributed by atoms with Crippen LogP contribution in [0.25, 0.3) is 0 Å². The maximum Gasteiger partial charge on any atom is 0.231 e. The zero-order valence-corrected chi connectivity index (χ0v) is 15.2. The van der Waals surface area contributed by atoms with Crippen LogP contribution in [-0.4, -0.2) is 54.8 Å². The smallest absolute Gasteiger partial charge is 0.231 e. The van der Waals surface area contributed by atoms with Gasteiger partial charge in [-0.2, -0.15) is 0 Å². The monoisotopic (exact) mass is 378 g/mol. The lowest BCUT2D eigenvalue weighted by Gasteiger charge is -2.32. The van der Waals surface area contributed by atoms with E-state index in [0.717, 1.165) is 31.6 Å².